The van der Waals surface area contributed by atoms with E-state index in [1.165, 1.54) is 18.0 Å². The molecule has 242 valence electrons. The van der Waals surface area contributed by atoms with Crippen molar-refractivity contribution in [2.75, 3.05) is 18.0 Å². The summed E-state index contributed by atoms with van der Waals surface area (Å²) in [6, 6.07) is 3.77. The average Bonchev–Trinajstić information content (AvgIpc) is 3.34. The zero-order chi connectivity index (χ0) is 32.6. The minimum Gasteiger partial charge on any atom is -0.330 e. The molecule has 0 N–H and O–H groups in total. The van der Waals surface area contributed by atoms with Crippen LogP contribution in [0.5, 0.6) is 0 Å². The van der Waals surface area contributed by atoms with Gasteiger partial charge < -0.3 is 4.90 Å². The standard InChI is InChI=1S/C28H30F10N6/c1-16(2)24(43-8-6-22(29)7-9-43)23-5-4-19(26(30,31)32)12-18(23)15-44(25-39-41-42(3)40-25)14-17-10-20(27(33,34)35)13-21(11-17)28(36,37)38/h4-5,10-13,16,22,24H,6-9,14-15H2,1-3H3. The van der Waals surface area contributed by atoms with Crippen molar-refractivity contribution in [1.82, 2.24) is 25.1 Å². The lowest BCUT2D eigenvalue weighted by Gasteiger charge is -2.39. The Kier molecular flexibility index (Phi) is 9.52. The summed E-state index contributed by atoms with van der Waals surface area (Å²) in [5, 5.41) is 11.6. The van der Waals surface area contributed by atoms with E-state index in [0.29, 0.717) is 30.8 Å². The van der Waals surface area contributed by atoms with E-state index < -0.39 is 66.1 Å². The van der Waals surface area contributed by atoms with Gasteiger partial charge in [-0.1, -0.05) is 25.0 Å². The second-order valence-electron chi connectivity index (χ2n) is 11.2. The predicted octanol–water partition coefficient (Wildman–Crippen LogP) is 7.60. The molecule has 1 aromatic heterocycles. The fourth-order valence-electron chi connectivity index (χ4n) is 5.47. The molecule has 1 fully saturated rings. The Hall–Kier alpha value is -3.43. The Morgan fingerprint density at radius 2 is 1.39 bits per heavy atom. The van der Waals surface area contributed by atoms with Crippen molar-refractivity contribution in [2.45, 2.75) is 70.5 Å². The summed E-state index contributed by atoms with van der Waals surface area (Å²) in [7, 11) is 1.37. The molecular formula is C28H30F10N6. The topological polar surface area (TPSA) is 50.1 Å². The minimum atomic E-state index is -5.10. The molecule has 0 amide bonds. The highest BCUT2D eigenvalue weighted by molar-refractivity contribution is 5.42. The molecule has 1 saturated heterocycles. The molecule has 1 aliphatic rings. The largest absolute Gasteiger partial charge is 0.416 e. The van der Waals surface area contributed by atoms with E-state index in [9.17, 15) is 43.9 Å². The maximum Gasteiger partial charge on any atom is 0.416 e. The number of hydrogen-bond donors (Lipinski definition) is 0. The molecule has 0 saturated carbocycles. The van der Waals surface area contributed by atoms with E-state index in [0.717, 1.165) is 16.9 Å². The van der Waals surface area contributed by atoms with Crippen molar-refractivity contribution in [2.24, 2.45) is 13.0 Å². The lowest BCUT2D eigenvalue weighted by atomic mass is 9.88. The summed E-state index contributed by atoms with van der Waals surface area (Å²) in [4.78, 5) is 4.15. The highest BCUT2D eigenvalue weighted by atomic mass is 19.4. The zero-order valence-electron chi connectivity index (χ0n) is 23.9. The third-order valence-electron chi connectivity index (χ3n) is 7.44. The molecule has 1 unspecified atom stereocenters. The van der Waals surface area contributed by atoms with Gasteiger partial charge in [0.15, 0.2) is 0 Å². The molecule has 2 aromatic carbocycles. The van der Waals surface area contributed by atoms with E-state index in [1.807, 2.05) is 18.7 Å². The summed E-state index contributed by atoms with van der Waals surface area (Å²) in [6.45, 7) is 3.39. The van der Waals surface area contributed by atoms with E-state index >= 15 is 0 Å². The van der Waals surface area contributed by atoms with Gasteiger partial charge in [-0.15, -0.1) is 5.10 Å². The van der Waals surface area contributed by atoms with Gasteiger partial charge in [-0.05, 0) is 71.0 Å². The van der Waals surface area contributed by atoms with Crippen LogP contribution in [-0.2, 0) is 38.7 Å². The summed E-state index contributed by atoms with van der Waals surface area (Å²) in [5.74, 6) is -0.372. The van der Waals surface area contributed by atoms with Gasteiger partial charge in [0.2, 0.25) is 0 Å². The Bertz CT molecular complexity index is 1390. The Morgan fingerprint density at radius 3 is 1.86 bits per heavy atom. The summed E-state index contributed by atoms with van der Waals surface area (Å²) in [5.41, 5.74) is -3.92. The van der Waals surface area contributed by atoms with Gasteiger partial charge in [0.05, 0.1) is 23.7 Å². The quantitative estimate of drug-likeness (QED) is 0.238. The van der Waals surface area contributed by atoms with Crippen molar-refractivity contribution in [3.63, 3.8) is 0 Å². The SMILES string of the molecule is CC(C)C(c1ccc(C(F)(F)F)cc1CN(Cc1cc(C(F)(F)F)cc(C(F)(F)F)c1)c1nnn(C)n1)N1CCC(F)CC1. The first-order valence-corrected chi connectivity index (χ1v) is 13.7. The average molecular weight is 641 g/mol. The van der Waals surface area contributed by atoms with Gasteiger partial charge in [0, 0.05) is 32.2 Å². The number of benzene rings is 2. The number of anilines is 1. The number of halogens is 10. The molecule has 44 heavy (non-hydrogen) atoms. The third kappa shape index (κ3) is 7.99. The fourth-order valence-corrected chi connectivity index (χ4v) is 5.47. The van der Waals surface area contributed by atoms with Crippen LogP contribution in [-0.4, -0.2) is 44.4 Å². The molecule has 0 radical (unpaired) electrons. The monoisotopic (exact) mass is 640 g/mol. The molecule has 0 spiro atoms. The van der Waals surface area contributed by atoms with Crippen molar-refractivity contribution in [1.29, 1.82) is 0 Å². The van der Waals surface area contributed by atoms with Crippen LogP contribution in [0, 0.1) is 5.92 Å². The first-order valence-electron chi connectivity index (χ1n) is 13.7. The number of tetrazole rings is 1. The summed E-state index contributed by atoms with van der Waals surface area (Å²) < 4.78 is 137. The molecule has 2 heterocycles. The predicted molar refractivity (Wildman–Crippen MR) is 140 cm³/mol. The van der Waals surface area contributed by atoms with Gasteiger partial charge in [0.1, 0.15) is 6.17 Å². The van der Waals surface area contributed by atoms with Gasteiger partial charge >= 0.3 is 18.5 Å². The van der Waals surface area contributed by atoms with Crippen molar-refractivity contribution in [3.05, 3.63) is 69.8 Å². The number of likely N-dealkylation sites (tertiary alicyclic amines) is 1. The molecule has 4 rings (SSSR count). The third-order valence-corrected chi connectivity index (χ3v) is 7.44. The summed E-state index contributed by atoms with van der Waals surface area (Å²) in [6.07, 6.45) is -15.5. The van der Waals surface area contributed by atoms with E-state index in [1.54, 1.807) is 0 Å². The maximum absolute atomic E-state index is 13.9. The van der Waals surface area contributed by atoms with Crippen LogP contribution in [0.25, 0.3) is 0 Å². The molecule has 0 bridgehead atoms. The first-order chi connectivity index (χ1) is 20.3. The Labute approximate surface area is 246 Å². The van der Waals surface area contributed by atoms with Crippen LogP contribution in [0.3, 0.4) is 0 Å². The Morgan fingerprint density at radius 1 is 0.818 bits per heavy atom. The van der Waals surface area contributed by atoms with Gasteiger partial charge in [-0.25, -0.2) is 4.39 Å². The van der Waals surface area contributed by atoms with E-state index in [2.05, 4.69) is 15.4 Å². The van der Waals surface area contributed by atoms with E-state index in [-0.39, 0.29) is 36.3 Å². The molecule has 6 nitrogen and oxygen atoms in total. The Balaban J connectivity index is 1.83. The summed E-state index contributed by atoms with van der Waals surface area (Å²) >= 11 is 0. The molecule has 16 heteroatoms. The van der Waals surface area contributed by atoms with Crippen LogP contribution in [0.15, 0.2) is 36.4 Å². The second-order valence-corrected chi connectivity index (χ2v) is 11.2. The van der Waals surface area contributed by atoms with E-state index in [4.69, 9.17) is 0 Å². The smallest absolute Gasteiger partial charge is 0.330 e. The molecule has 1 atom stereocenters. The number of nitrogens with zero attached hydrogens (tertiary/aromatic N) is 6. The van der Waals surface area contributed by atoms with Crippen LogP contribution < -0.4 is 4.90 Å². The van der Waals surface area contributed by atoms with Crippen LogP contribution in [0.1, 0.15) is 66.1 Å². The van der Waals surface area contributed by atoms with Gasteiger partial charge in [-0.2, -0.15) is 44.3 Å². The number of alkyl halides is 10. The lowest BCUT2D eigenvalue weighted by molar-refractivity contribution is -0.143. The number of hydrogen-bond acceptors (Lipinski definition) is 5. The van der Waals surface area contributed by atoms with Gasteiger partial charge in [-0.3, -0.25) is 4.90 Å². The number of aromatic nitrogens is 4. The van der Waals surface area contributed by atoms with Crippen LogP contribution in [0.4, 0.5) is 49.9 Å². The normalized spacial score (nSPS) is 16.5. The number of rotatable bonds is 8. The highest BCUT2D eigenvalue weighted by Crippen LogP contribution is 2.39. The minimum absolute atomic E-state index is 0.00679. The molecule has 0 aliphatic carbocycles. The number of piperidine rings is 1. The zero-order valence-corrected chi connectivity index (χ0v) is 23.9. The van der Waals surface area contributed by atoms with Crippen molar-refractivity contribution >= 4 is 5.95 Å². The molecule has 3 aromatic rings. The molecule has 1 aliphatic heterocycles. The molecular weight excluding hydrogens is 610 g/mol. The van der Waals surface area contributed by atoms with Crippen molar-refractivity contribution in [3.8, 4) is 0 Å². The number of aryl methyl sites for hydroxylation is 1. The van der Waals surface area contributed by atoms with Crippen LogP contribution >= 0.6 is 0 Å². The van der Waals surface area contributed by atoms with Gasteiger partial charge in [0.25, 0.3) is 5.95 Å². The van der Waals surface area contributed by atoms with Crippen LogP contribution in [0.2, 0.25) is 0 Å². The lowest BCUT2D eigenvalue weighted by Crippen LogP contribution is -2.40. The first kappa shape index (κ1) is 33.5. The fraction of sp³-hybridized carbons (Fsp3) is 0.536. The second kappa shape index (κ2) is 12.5. The maximum atomic E-state index is 13.9. The highest BCUT2D eigenvalue weighted by Gasteiger charge is 2.38. The van der Waals surface area contributed by atoms with Crippen molar-refractivity contribution < 1.29 is 43.9 Å².